The van der Waals surface area contributed by atoms with Crippen molar-refractivity contribution >= 4 is 11.7 Å². The van der Waals surface area contributed by atoms with Gasteiger partial charge in [0.15, 0.2) is 0 Å². The van der Waals surface area contributed by atoms with Gasteiger partial charge in [-0.25, -0.2) is 9.78 Å². The Morgan fingerprint density at radius 2 is 2.25 bits per heavy atom. The maximum absolute atomic E-state index is 10.7. The maximum atomic E-state index is 10.7. The number of hydrogen-bond donors (Lipinski definition) is 2. The lowest BCUT2D eigenvalue weighted by atomic mass is 10.2. The molecule has 0 fully saturated rings. The number of carboxylic acids is 1. The van der Waals surface area contributed by atoms with E-state index < -0.39 is 5.97 Å². The van der Waals surface area contributed by atoms with Crippen LogP contribution in [0.2, 0.25) is 0 Å². The summed E-state index contributed by atoms with van der Waals surface area (Å²) in [4.78, 5) is 14.4. The summed E-state index contributed by atoms with van der Waals surface area (Å²) in [6.45, 7) is 3.05. The summed E-state index contributed by atoms with van der Waals surface area (Å²) in [5.41, 5.74) is 0.905. The molecular weight excluding hydrogens is 204 g/mol. The first kappa shape index (κ1) is 12.5. The standard InChI is InChI=1S/C12H18N2O2/c1-2-3-4-5-7-13-10-6-8-14-11(9-10)12(15)16/h6,8-9H,2-5,7H2,1H3,(H,13,14)(H,15,16). The van der Waals surface area contributed by atoms with Gasteiger partial charge in [-0.2, -0.15) is 0 Å². The Labute approximate surface area is 95.7 Å². The zero-order chi connectivity index (χ0) is 11.8. The molecule has 0 saturated carbocycles. The zero-order valence-electron chi connectivity index (χ0n) is 9.57. The largest absolute Gasteiger partial charge is 0.477 e. The molecule has 1 aromatic heterocycles. The van der Waals surface area contributed by atoms with Gasteiger partial charge in [-0.1, -0.05) is 26.2 Å². The van der Waals surface area contributed by atoms with Crippen molar-refractivity contribution in [1.82, 2.24) is 4.98 Å². The molecule has 0 aliphatic rings. The van der Waals surface area contributed by atoms with Crippen LogP contribution in [0.5, 0.6) is 0 Å². The first-order valence-electron chi connectivity index (χ1n) is 5.67. The summed E-state index contributed by atoms with van der Waals surface area (Å²) < 4.78 is 0. The molecule has 2 N–H and O–H groups in total. The summed E-state index contributed by atoms with van der Waals surface area (Å²) >= 11 is 0. The number of nitrogens with one attached hydrogen (secondary N) is 1. The van der Waals surface area contributed by atoms with Crippen LogP contribution in [0.4, 0.5) is 5.69 Å². The predicted molar refractivity (Wildman–Crippen MR) is 63.8 cm³/mol. The number of aromatic carboxylic acids is 1. The van der Waals surface area contributed by atoms with Crippen LogP contribution < -0.4 is 5.32 Å². The van der Waals surface area contributed by atoms with Gasteiger partial charge in [-0.05, 0) is 18.6 Å². The van der Waals surface area contributed by atoms with Gasteiger partial charge in [-0.15, -0.1) is 0 Å². The number of hydrogen-bond acceptors (Lipinski definition) is 3. The Hall–Kier alpha value is -1.58. The molecule has 16 heavy (non-hydrogen) atoms. The summed E-state index contributed by atoms with van der Waals surface area (Å²) in [6.07, 6.45) is 6.30. The van der Waals surface area contributed by atoms with Gasteiger partial charge in [0, 0.05) is 18.4 Å². The van der Waals surface area contributed by atoms with E-state index in [9.17, 15) is 4.79 Å². The average molecular weight is 222 g/mol. The molecule has 0 aliphatic carbocycles. The quantitative estimate of drug-likeness (QED) is 0.696. The lowest BCUT2D eigenvalue weighted by molar-refractivity contribution is 0.0690. The summed E-state index contributed by atoms with van der Waals surface area (Å²) in [6, 6.07) is 3.34. The zero-order valence-corrected chi connectivity index (χ0v) is 9.57. The maximum Gasteiger partial charge on any atom is 0.354 e. The van der Waals surface area contributed by atoms with E-state index in [4.69, 9.17) is 5.11 Å². The Balaban J connectivity index is 2.36. The fourth-order valence-corrected chi connectivity index (χ4v) is 1.44. The minimum Gasteiger partial charge on any atom is -0.477 e. The fraction of sp³-hybridized carbons (Fsp3) is 0.500. The number of carbonyl (C=O) groups is 1. The molecule has 1 aromatic rings. The number of unbranched alkanes of at least 4 members (excludes halogenated alkanes) is 3. The van der Waals surface area contributed by atoms with E-state index in [1.807, 2.05) is 0 Å². The van der Waals surface area contributed by atoms with Crippen molar-refractivity contribution in [2.24, 2.45) is 0 Å². The Morgan fingerprint density at radius 1 is 1.44 bits per heavy atom. The molecule has 0 unspecified atom stereocenters. The Bertz CT molecular complexity index is 340. The van der Waals surface area contributed by atoms with Crippen molar-refractivity contribution in [3.63, 3.8) is 0 Å². The van der Waals surface area contributed by atoms with Gasteiger partial charge in [0.1, 0.15) is 5.69 Å². The van der Waals surface area contributed by atoms with Gasteiger partial charge in [0.2, 0.25) is 0 Å². The molecule has 0 spiro atoms. The van der Waals surface area contributed by atoms with Crippen molar-refractivity contribution in [2.75, 3.05) is 11.9 Å². The van der Waals surface area contributed by atoms with Crippen LogP contribution in [0.3, 0.4) is 0 Å². The molecular formula is C12H18N2O2. The van der Waals surface area contributed by atoms with E-state index in [-0.39, 0.29) is 5.69 Å². The highest BCUT2D eigenvalue weighted by Crippen LogP contribution is 2.08. The van der Waals surface area contributed by atoms with Crippen molar-refractivity contribution in [2.45, 2.75) is 32.6 Å². The van der Waals surface area contributed by atoms with Crippen LogP contribution in [-0.4, -0.2) is 22.6 Å². The predicted octanol–water partition coefficient (Wildman–Crippen LogP) is 2.77. The molecule has 0 aromatic carbocycles. The van der Waals surface area contributed by atoms with Crippen LogP contribution in [0.15, 0.2) is 18.3 Å². The van der Waals surface area contributed by atoms with Crippen molar-refractivity contribution < 1.29 is 9.90 Å². The normalized spacial score (nSPS) is 10.1. The van der Waals surface area contributed by atoms with E-state index in [0.717, 1.165) is 18.7 Å². The molecule has 4 heteroatoms. The van der Waals surface area contributed by atoms with E-state index >= 15 is 0 Å². The third-order valence-corrected chi connectivity index (χ3v) is 2.34. The number of pyridine rings is 1. The van der Waals surface area contributed by atoms with E-state index in [1.54, 1.807) is 12.1 Å². The highest BCUT2D eigenvalue weighted by molar-refractivity contribution is 5.86. The number of anilines is 1. The summed E-state index contributed by atoms with van der Waals surface area (Å²) in [5, 5.41) is 12.0. The van der Waals surface area contributed by atoms with Gasteiger partial charge < -0.3 is 10.4 Å². The molecule has 0 atom stereocenters. The van der Waals surface area contributed by atoms with E-state index in [0.29, 0.717) is 0 Å². The first-order chi connectivity index (χ1) is 7.74. The van der Waals surface area contributed by atoms with Gasteiger partial charge >= 0.3 is 5.97 Å². The third kappa shape index (κ3) is 4.29. The monoisotopic (exact) mass is 222 g/mol. The Kier molecular flexibility index (Phi) is 5.32. The van der Waals surface area contributed by atoms with Crippen LogP contribution in [-0.2, 0) is 0 Å². The SMILES string of the molecule is CCCCCCNc1ccnc(C(=O)O)c1. The van der Waals surface area contributed by atoms with Crippen molar-refractivity contribution in [3.05, 3.63) is 24.0 Å². The molecule has 88 valence electrons. The smallest absolute Gasteiger partial charge is 0.354 e. The minimum atomic E-state index is -0.991. The van der Waals surface area contributed by atoms with Gasteiger partial charge in [0.25, 0.3) is 0 Å². The molecule has 0 bridgehead atoms. The fourth-order valence-electron chi connectivity index (χ4n) is 1.44. The van der Waals surface area contributed by atoms with E-state index in [2.05, 4.69) is 17.2 Å². The highest BCUT2D eigenvalue weighted by atomic mass is 16.4. The molecule has 0 amide bonds. The topological polar surface area (TPSA) is 62.2 Å². The molecule has 1 rings (SSSR count). The number of nitrogens with zero attached hydrogens (tertiary/aromatic N) is 1. The van der Waals surface area contributed by atoms with Crippen LogP contribution in [0, 0.1) is 0 Å². The van der Waals surface area contributed by atoms with Crippen LogP contribution in [0.1, 0.15) is 43.1 Å². The highest BCUT2D eigenvalue weighted by Gasteiger charge is 2.03. The second-order valence-electron chi connectivity index (χ2n) is 3.72. The molecule has 0 radical (unpaired) electrons. The summed E-state index contributed by atoms with van der Waals surface area (Å²) in [7, 11) is 0. The average Bonchev–Trinajstić information content (AvgIpc) is 2.29. The van der Waals surface area contributed by atoms with Gasteiger partial charge in [0.05, 0.1) is 0 Å². The Morgan fingerprint density at radius 3 is 2.94 bits per heavy atom. The second-order valence-corrected chi connectivity index (χ2v) is 3.72. The molecule has 0 saturated heterocycles. The van der Waals surface area contributed by atoms with Crippen molar-refractivity contribution in [1.29, 1.82) is 0 Å². The van der Waals surface area contributed by atoms with Crippen LogP contribution >= 0.6 is 0 Å². The number of carboxylic acid groups (broad SMARTS) is 1. The van der Waals surface area contributed by atoms with Crippen molar-refractivity contribution in [3.8, 4) is 0 Å². The number of aromatic nitrogens is 1. The molecule has 1 heterocycles. The van der Waals surface area contributed by atoms with Crippen LogP contribution in [0.25, 0.3) is 0 Å². The number of rotatable bonds is 7. The third-order valence-electron chi connectivity index (χ3n) is 2.34. The lowest BCUT2D eigenvalue weighted by Crippen LogP contribution is -2.05. The van der Waals surface area contributed by atoms with E-state index in [1.165, 1.54) is 25.5 Å². The lowest BCUT2D eigenvalue weighted by Gasteiger charge is -2.06. The first-order valence-corrected chi connectivity index (χ1v) is 5.67. The minimum absolute atomic E-state index is 0.0820. The van der Waals surface area contributed by atoms with Gasteiger partial charge in [-0.3, -0.25) is 0 Å². The molecule has 0 aliphatic heterocycles. The molecule has 4 nitrogen and oxygen atoms in total. The second kappa shape index (κ2) is 6.82. The summed E-state index contributed by atoms with van der Waals surface area (Å²) in [5.74, 6) is -0.991.